The molecule has 0 fully saturated rings. The summed E-state index contributed by atoms with van der Waals surface area (Å²) in [6.45, 7) is 3.15. The highest BCUT2D eigenvalue weighted by Crippen LogP contribution is 2.23. The van der Waals surface area contributed by atoms with Crippen molar-refractivity contribution < 1.29 is 28.6 Å². The highest BCUT2D eigenvalue weighted by atomic mass is 19.1. The van der Waals surface area contributed by atoms with Crippen molar-refractivity contribution in [2.24, 2.45) is 0 Å². The number of carbonyl (C=O) groups is 2. The lowest BCUT2D eigenvalue weighted by atomic mass is 10.0. The molecule has 0 aliphatic carbocycles. The van der Waals surface area contributed by atoms with Crippen molar-refractivity contribution in [1.29, 1.82) is 0 Å². The Morgan fingerprint density at radius 1 is 1.42 bits per heavy atom. The Kier molecular flexibility index (Phi) is 5.00. The first kappa shape index (κ1) is 15.1. The van der Waals surface area contributed by atoms with E-state index in [0.717, 1.165) is 12.1 Å². The van der Waals surface area contributed by atoms with Crippen molar-refractivity contribution in [1.82, 2.24) is 0 Å². The maximum absolute atomic E-state index is 13.7. The maximum atomic E-state index is 13.7. The Bertz CT molecular complexity index is 498. The number of aryl methyl sites for hydroxylation is 1. The standard InChI is InChI=1S/C13H15FO5/c1-4-19-13(17)11(15)9-6-8(12(16)18-3)7(2)5-10(9)14/h5-6,11,15H,4H2,1-3H3. The predicted molar refractivity (Wildman–Crippen MR) is 64.1 cm³/mol. The highest BCUT2D eigenvalue weighted by molar-refractivity contribution is 5.91. The molecule has 1 unspecified atom stereocenters. The van der Waals surface area contributed by atoms with Gasteiger partial charge in [-0.05, 0) is 31.5 Å². The average molecular weight is 270 g/mol. The lowest BCUT2D eigenvalue weighted by Crippen LogP contribution is -2.18. The quantitative estimate of drug-likeness (QED) is 0.840. The summed E-state index contributed by atoms with van der Waals surface area (Å²) in [7, 11) is 1.19. The Morgan fingerprint density at radius 2 is 2.05 bits per heavy atom. The molecule has 0 saturated heterocycles. The molecule has 0 bridgehead atoms. The van der Waals surface area contributed by atoms with E-state index in [1.165, 1.54) is 14.0 Å². The number of halogens is 1. The van der Waals surface area contributed by atoms with Crippen LogP contribution >= 0.6 is 0 Å². The van der Waals surface area contributed by atoms with Crippen molar-refractivity contribution in [2.75, 3.05) is 13.7 Å². The number of carbonyl (C=O) groups excluding carboxylic acids is 2. The molecule has 0 aliphatic rings. The fourth-order valence-corrected chi connectivity index (χ4v) is 1.58. The van der Waals surface area contributed by atoms with Gasteiger partial charge in [0.1, 0.15) is 5.82 Å². The number of aliphatic hydroxyl groups is 1. The summed E-state index contributed by atoms with van der Waals surface area (Å²) < 4.78 is 22.9. The molecule has 104 valence electrons. The number of methoxy groups -OCH3 is 1. The van der Waals surface area contributed by atoms with Gasteiger partial charge in [0.15, 0.2) is 6.10 Å². The van der Waals surface area contributed by atoms with Gasteiger partial charge in [0, 0.05) is 5.56 Å². The van der Waals surface area contributed by atoms with Crippen LogP contribution in [0.25, 0.3) is 0 Å². The van der Waals surface area contributed by atoms with Crippen LogP contribution in [0.1, 0.15) is 34.5 Å². The zero-order valence-corrected chi connectivity index (χ0v) is 10.9. The van der Waals surface area contributed by atoms with Gasteiger partial charge in [-0.3, -0.25) is 0 Å². The topological polar surface area (TPSA) is 72.8 Å². The monoisotopic (exact) mass is 270 g/mol. The number of hydrogen-bond donors (Lipinski definition) is 1. The maximum Gasteiger partial charge on any atom is 0.339 e. The third-order valence-corrected chi connectivity index (χ3v) is 2.55. The van der Waals surface area contributed by atoms with Crippen LogP contribution in [0.15, 0.2) is 12.1 Å². The molecule has 0 amide bonds. The molecule has 6 heteroatoms. The minimum Gasteiger partial charge on any atom is -0.465 e. The fourth-order valence-electron chi connectivity index (χ4n) is 1.58. The molecule has 1 aromatic carbocycles. The summed E-state index contributed by atoms with van der Waals surface area (Å²) in [5.74, 6) is -2.43. The van der Waals surface area contributed by atoms with Crippen LogP contribution in [-0.2, 0) is 14.3 Å². The Morgan fingerprint density at radius 3 is 2.58 bits per heavy atom. The van der Waals surface area contributed by atoms with Gasteiger partial charge < -0.3 is 14.6 Å². The lowest BCUT2D eigenvalue weighted by molar-refractivity contribution is -0.153. The SMILES string of the molecule is CCOC(=O)C(O)c1cc(C(=O)OC)c(C)cc1F. The van der Waals surface area contributed by atoms with Crippen LogP contribution in [0.3, 0.4) is 0 Å². The van der Waals surface area contributed by atoms with Gasteiger partial charge in [0.2, 0.25) is 0 Å². The van der Waals surface area contributed by atoms with Crippen molar-refractivity contribution in [3.05, 3.63) is 34.6 Å². The number of esters is 2. The van der Waals surface area contributed by atoms with Crippen molar-refractivity contribution in [3.8, 4) is 0 Å². The van der Waals surface area contributed by atoms with Crippen LogP contribution in [0, 0.1) is 12.7 Å². The van der Waals surface area contributed by atoms with Crippen molar-refractivity contribution in [3.63, 3.8) is 0 Å². The van der Waals surface area contributed by atoms with Gasteiger partial charge in [0.25, 0.3) is 0 Å². The molecule has 0 heterocycles. The smallest absolute Gasteiger partial charge is 0.339 e. The van der Waals surface area contributed by atoms with Gasteiger partial charge in [-0.25, -0.2) is 14.0 Å². The Hall–Kier alpha value is -1.95. The zero-order valence-electron chi connectivity index (χ0n) is 10.9. The second-order valence-electron chi connectivity index (χ2n) is 3.83. The molecule has 0 aliphatic heterocycles. The summed E-state index contributed by atoms with van der Waals surface area (Å²) in [4.78, 5) is 22.8. The Labute approximate surface area is 109 Å². The largest absolute Gasteiger partial charge is 0.465 e. The number of benzene rings is 1. The number of rotatable bonds is 4. The molecule has 5 nitrogen and oxygen atoms in total. The number of aliphatic hydroxyl groups excluding tert-OH is 1. The summed E-state index contributed by atoms with van der Waals surface area (Å²) in [6, 6.07) is 2.15. The molecule has 0 radical (unpaired) electrons. The normalized spacial score (nSPS) is 11.8. The second-order valence-corrected chi connectivity index (χ2v) is 3.83. The minimum atomic E-state index is -1.77. The summed E-state index contributed by atoms with van der Waals surface area (Å²) in [5.41, 5.74) is 0.121. The molecule has 0 saturated carbocycles. The van der Waals surface area contributed by atoms with Crippen LogP contribution in [0.4, 0.5) is 4.39 Å². The lowest BCUT2D eigenvalue weighted by Gasteiger charge is -2.13. The van der Waals surface area contributed by atoms with Crippen LogP contribution in [-0.4, -0.2) is 30.8 Å². The van der Waals surface area contributed by atoms with E-state index in [9.17, 15) is 19.1 Å². The molecule has 1 atom stereocenters. The average Bonchev–Trinajstić information content (AvgIpc) is 2.37. The van der Waals surface area contributed by atoms with E-state index in [1.807, 2.05) is 0 Å². The van der Waals surface area contributed by atoms with Gasteiger partial charge in [-0.2, -0.15) is 0 Å². The van der Waals surface area contributed by atoms with Crippen LogP contribution < -0.4 is 0 Å². The van der Waals surface area contributed by atoms with E-state index in [2.05, 4.69) is 9.47 Å². The van der Waals surface area contributed by atoms with E-state index in [-0.39, 0.29) is 17.7 Å². The highest BCUT2D eigenvalue weighted by Gasteiger charge is 2.24. The van der Waals surface area contributed by atoms with Gasteiger partial charge >= 0.3 is 11.9 Å². The molecule has 0 aromatic heterocycles. The molecule has 19 heavy (non-hydrogen) atoms. The summed E-state index contributed by atoms with van der Waals surface area (Å²) >= 11 is 0. The molecule has 1 aromatic rings. The zero-order chi connectivity index (χ0) is 14.6. The fraction of sp³-hybridized carbons (Fsp3) is 0.385. The summed E-state index contributed by atoms with van der Waals surface area (Å²) in [5, 5.41) is 9.70. The molecule has 1 rings (SSSR count). The Balaban J connectivity index is 3.21. The van der Waals surface area contributed by atoms with Gasteiger partial charge in [0.05, 0.1) is 19.3 Å². The predicted octanol–water partition coefficient (Wildman–Crippen LogP) is 1.52. The second kappa shape index (κ2) is 6.29. The molecule has 1 N–H and O–H groups in total. The van der Waals surface area contributed by atoms with Crippen LogP contribution in [0.2, 0.25) is 0 Å². The molecule has 0 spiro atoms. The van der Waals surface area contributed by atoms with E-state index in [1.54, 1.807) is 6.92 Å². The first-order valence-corrected chi connectivity index (χ1v) is 5.65. The van der Waals surface area contributed by atoms with E-state index in [4.69, 9.17) is 0 Å². The van der Waals surface area contributed by atoms with Crippen LogP contribution in [0.5, 0.6) is 0 Å². The third-order valence-electron chi connectivity index (χ3n) is 2.55. The first-order chi connectivity index (χ1) is 8.92. The minimum absolute atomic E-state index is 0.0627. The van der Waals surface area contributed by atoms with Crippen molar-refractivity contribution >= 4 is 11.9 Å². The number of ether oxygens (including phenoxy) is 2. The van der Waals surface area contributed by atoms with E-state index >= 15 is 0 Å². The summed E-state index contributed by atoms with van der Waals surface area (Å²) in [6.07, 6.45) is -1.77. The first-order valence-electron chi connectivity index (χ1n) is 5.65. The molecular formula is C13H15FO5. The van der Waals surface area contributed by atoms with E-state index < -0.39 is 23.9 Å². The third kappa shape index (κ3) is 3.29. The number of hydrogen-bond acceptors (Lipinski definition) is 5. The molecular weight excluding hydrogens is 255 g/mol. The van der Waals surface area contributed by atoms with Gasteiger partial charge in [-0.15, -0.1) is 0 Å². The van der Waals surface area contributed by atoms with E-state index in [0.29, 0.717) is 5.56 Å². The van der Waals surface area contributed by atoms with Gasteiger partial charge in [-0.1, -0.05) is 0 Å². The van der Waals surface area contributed by atoms with Crippen molar-refractivity contribution in [2.45, 2.75) is 20.0 Å².